The van der Waals surface area contributed by atoms with Crippen molar-refractivity contribution >= 4 is 27.5 Å². The first-order valence-corrected chi connectivity index (χ1v) is 7.94. The van der Waals surface area contributed by atoms with Gasteiger partial charge >= 0.3 is 0 Å². The average molecular weight is 340 g/mol. The van der Waals surface area contributed by atoms with Crippen LogP contribution in [0.2, 0.25) is 0 Å². The fourth-order valence-corrected chi connectivity index (χ4v) is 3.29. The lowest BCUT2D eigenvalue weighted by Crippen LogP contribution is -2.41. The Bertz CT molecular complexity index is 478. The third-order valence-electron chi connectivity index (χ3n) is 3.76. The van der Waals surface area contributed by atoms with Crippen molar-refractivity contribution in [1.82, 2.24) is 5.32 Å². The summed E-state index contributed by atoms with van der Waals surface area (Å²) in [5, 5.41) is 3.32. The maximum atomic E-state index is 11.4. The Kier molecular flexibility index (Phi) is 5.43. The van der Waals surface area contributed by atoms with Gasteiger partial charge in [-0.1, -0.05) is 13.0 Å². The van der Waals surface area contributed by atoms with Gasteiger partial charge in [0.25, 0.3) is 0 Å². The molecule has 0 aliphatic carbocycles. The molecule has 1 atom stereocenters. The minimum atomic E-state index is -0.186. The van der Waals surface area contributed by atoms with Gasteiger partial charge in [-0.2, -0.15) is 0 Å². The lowest BCUT2D eigenvalue weighted by Gasteiger charge is -2.33. The molecule has 0 aromatic heterocycles. The molecule has 1 saturated heterocycles. The Morgan fingerprint density at radius 3 is 3.00 bits per heavy atom. The summed E-state index contributed by atoms with van der Waals surface area (Å²) in [6.45, 7) is 5.64. The van der Waals surface area contributed by atoms with Crippen LogP contribution in [0, 0.1) is 5.92 Å². The Hall–Kier alpha value is -1.07. The van der Waals surface area contributed by atoms with E-state index in [9.17, 15) is 4.79 Å². The van der Waals surface area contributed by atoms with E-state index in [4.69, 9.17) is 5.73 Å². The molecule has 0 saturated carbocycles. The molecule has 1 amide bonds. The third kappa shape index (κ3) is 3.73. The van der Waals surface area contributed by atoms with Gasteiger partial charge in [0.15, 0.2) is 0 Å². The molecule has 4 nitrogen and oxygen atoms in total. The minimum Gasteiger partial charge on any atom is -0.370 e. The number of nitrogens with one attached hydrogen (secondary N) is 1. The lowest BCUT2D eigenvalue weighted by molar-refractivity contribution is -0.122. The Labute approximate surface area is 128 Å². The Morgan fingerprint density at radius 1 is 1.55 bits per heavy atom. The zero-order chi connectivity index (χ0) is 14.5. The van der Waals surface area contributed by atoms with Crippen molar-refractivity contribution in [2.24, 2.45) is 11.7 Å². The molecule has 1 fully saturated rings. The number of hydrogen-bond acceptors (Lipinski definition) is 3. The number of carbonyl (C=O) groups is 1. The number of nitrogens with zero attached hydrogens (tertiary/aromatic N) is 1. The minimum absolute atomic E-state index is 0.0305. The van der Waals surface area contributed by atoms with Crippen LogP contribution in [0.3, 0.4) is 0 Å². The van der Waals surface area contributed by atoms with E-state index in [2.05, 4.69) is 51.3 Å². The van der Waals surface area contributed by atoms with Crippen LogP contribution in [0.25, 0.3) is 0 Å². The molecule has 20 heavy (non-hydrogen) atoms. The summed E-state index contributed by atoms with van der Waals surface area (Å²) >= 11 is 3.65. The lowest BCUT2D eigenvalue weighted by atomic mass is 9.97. The second-order valence-electron chi connectivity index (χ2n) is 5.25. The topological polar surface area (TPSA) is 58.4 Å². The fourth-order valence-electron chi connectivity index (χ4n) is 2.61. The van der Waals surface area contributed by atoms with Crippen LogP contribution < -0.4 is 16.0 Å². The number of amides is 1. The fraction of sp³-hybridized carbons (Fsp3) is 0.533. The van der Waals surface area contributed by atoms with Crippen LogP contribution >= 0.6 is 15.9 Å². The van der Waals surface area contributed by atoms with E-state index in [1.54, 1.807) is 0 Å². The maximum absolute atomic E-state index is 11.4. The van der Waals surface area contributed by atoms with Gasteiger partial charge in [0, 0.05) is 24.1 Å². The van der Waals surface area contributed by atoms with Gasteiger partial charge in [-0.3, -0.25) is 4.79 Å². The predicted octanol–water partition coefficient (Wildman–Crippen LogP) is 2.26. The van der Waals surface area contributed by atoms with E-state index in [0.29, 0.717) is 0 Å². The second-order valence-corrected chi connectivity index (χ2v) is 6.11. The first-order valence-electron chi connectivity index (χ1n) is 7.15. The summed E-state index contributed by atoms with van der Waals surface area (Å²) in [5.74, 6) is -0.216. The summed E-state index contributed by atoms with van der Waals surface area (Å²) in [4.78, 5) is 13.6. The van der Waals surface area contributed by atoms with E-state index in [1.165, 1.54) is 5.56 Å². The highest BCUT2D eigenvalue weighted by Crippen LogP contribution is 2.30. The molecule has 0 spiro atoms. The Balaban J connectivity index is 2.10. The molecular formula is C15H22BrN3O. The van der Waals surface area contributed by atoms with Crippen molar-refractivity contribution in [1.29, 1.82) is 0 Å². The maximum Gasteiger partial charge on any atom is 0.222 e. The largest absolute Gasteiger partial charge is 0.370 e. The highest BCUT2D eigenvalue weighted by Gasteiger charge is 2.25. The van der Waals surface area contributed by atoms with E-state index in [-0.39, 0.29) is 11.8 Å². The van der Waals surface area contributed by atoms with Crippen LogP contribution in [0.1, 0.15) is 25.3 Å². The van der Waals surface area contributed by atoms with Crippen molar-refractivity contribution in [3.05, 3.63) is 28.2 Å². The normalized spacial score (nSPS) is 19.1. The van der Waals surface area contributed by atoms with Crippen LogP contribution in [0.5, 0.6) is 0 Å². The number of anilines is 1. The van der Waals surface area contributed by atoms with Gasteiger partial charge in [0.05, 0.1) is 11.6 Å². The number of piperidine rings is 1. The van der Waals surface area contributed by atoms with Gasteiger partial charge in [-0.25, -0.2) is 0 Å². The quantitative estimate of drug-likeness (QED) is 0.864. The molecule has 1 aliphatic heterocycles. The van der Waals surface area contributed by atoms with Crippen molar-refractivity contribution in [3.8, 4) is 0 Å². The summed E-state index contributed by atoms with van der Waals surface area (Å²) in [6, 6.07) is 6.41. The third-order valence-corrected chi connectivity index (χ3v) is 4.39. The molecule has 3 N–H and O–H groups in total. The van der Waals surface area contributed by atoms with E-state index in [1.807, 2.05) is 0 Å². The van der Waals surface area contributed by atoms with Gasteiger partial charge in [0.1, 0.15) is 0 Å². The predicted molar refractivity (Wildman–Crippen MR) is 85.7 cm³/mol. The zero-order valence-corrected chi connectivity index (χ0v) is 13.4. The smallest absolute Gasteiger partial charge is 0.222 e. The highest BCUT2D eigenvalue weighted by atomic mass is 79.9. The average Bonchev–Trinajstić information content (AvgIpc) is 2.45. The van der Waals surface area contributed by atoms with Crippen LogP contribution in [-0.2, 0) is 11.3 Å². The SMILES string of the molecule is CCNCc1ccc(N2CCCC(C(N)=O)C2)c(Br)c1. The standard InChI is InChI=1S/C15H22BrN3O/c1-2-18-9-11-5-6-14(13(16)8-11)19-7-3-4-12(10-19)15(17)20/h5-6,8,12,18H,2-4,7,9-10H2,1H3,(H2,17,20). The van der Waals surface area contributed by atoms with Gasteiger partial charge in [-0.05, 0) is 53.0 Å². The number of benzene rings is 1. The molecule has 1 aromatic rings. The Morgan fingerprint density at radius 2 is 2.35 bits per heavy atom. The summed E-state index contributed by atoms with van der Waals surface area (Å²) in [5.41, 5.74) is 7.84. The number of primary amides is 1. The number of rotatable bonds is 5. The van der Waals surface area contributed by atoms with E-state index < -0.39 is 0 Å². The number of hydrogen-bond donors (Lipinski definition) is 2. The van der Waals surface area contributed by atoms with Gasteiger partial charge in [-0.15, -0.1) is 0 Å². The molecule has 5 heteroatoms. The molecular weight excluding hydrogens is 318 g/mol. The molecule has 1 aromatic carbocycles. The summed E-state index contributed by atoms with van der Waals surface area (Å²) in [7, 11) is 0. The second kappa shape index (κ2) is 7.09. The van der Waals surface area contributed by atoms with Crippen LogP contribution in [0.15, 0.2) is 22.7 Å². The van der Waals surface area contributed by atoms with Gasteiger partial charge < -0.3 is 16.0 Å². The van der Waals surface area contributed by atoms with E-state index in [0.717, 1.165) is 49.2 Å². The molecule has 0 bridgehead atoms. The molecule has 2 rings (SSSR count). The highest BCUT2D eigenvalue weighted by molar-refractivity contribution is 9.10. The van der Waals surface area contributed by atoms with Crippen molar-refractivity contribution in [2.75, 3.05) is 24.5 Å². The number of halogens is 1. The van der Waals surface area contributed by atoms with Crippen molar-refractivity contribution in [3.63, 3.8) is 0 Å². The number of nitrogens with two attached hydrogens (primary N) is 1. The molecule has 110 valence electrons. The van der Waals surface area contributed by atoms with Gasteiger partial charge in [0.2, 0.25) is 5.91 Å². The number of carbonyl (C=O) groups excluding carboxylic acids is 1. The van der Waals surface area contributed by atoms with Crippen LogP contribution in [-0.4, -0.2) is 25.5 Å². The summed E-state index contributed by atoms with van der Waals surface area (Å²) < 4.78 is 1.08. The van der Waals surface area contributed by atoms with E-state index >= 15 is 0 Å². The van der Waals surface area contributed by atoms with Crippen molar-refractivity contribution < 1.29 is 4.79 Å². The molecule has 1 unspecified atom stereocenters. The molecule has 1 aliphatic rings. The monoisotopic (exact) mass is 339 g/mol. The molecule has 0 radical (unpaired) electrons. The zero-order valence-electron chi connectivity index (χ0n) is 11.9. The van der Waals surface area contributed by atoms with Crippen LogP contribution in [0.4, 0.5) is 5.69 Å². The van der Waals surface area contributed by atoms with Crippen molar-refractivity contribution in [2.45, 2.75) is 26.3 Å². The summed E-state index contributed by atoms with van der Waals surface area (Å²) in [6.07, 6.45) is 1.92. The first-order chi connectivity index (χ1) is 9.61. The first kappa shape index (κ1) is 15.3. The molecule has 1 heterocycles.